The monoisotopic (exact) mass is 632 g/mol. The molecule has 0 aliphatic heterocycles. The number of carbonyl (C=O) groups excluding carboxylic acids is 2. The maximum absolute atomic E-state index is 10.8. The molecule has 45 heavy (non-hydrogen) atoms. The van der Waals surface area contributed by atoms with Crippen LogP contribution in [-0.2, 0) is 0 Å². The SMILES string of the molecule is C.COc1ccc2cncn2c1C(O)C1CCCCC1.COc1ccc2cncn2c1C=O.O=Cc1c(Cl)ccc2cncn12. The molecule has 1 unspecified atom stereocenters. The molecule has 236 valence electrons. The van der Waals surface area contributed by atoms with E-state index < -0.39 is 6.10 Å². The Morgan fingerprint density at radius 3 is 1.80 bits per heavy atom. The number of carbonyl (C=O) groups is 2. The maximum atomic E-state index is 10.8. The van der Waals surface area contributed by atoms with E-state index >= 15 is 0 Å². The van der Waals surface area contributed by atoms with Gasteiger partial charge in [-0.25, -0.2) is 15.0 Å². The van der Waals surface area contributed by atoms with Gasteiger partial charge in [-0.2, -0.15) is 0 Å². The quantitative estimate of drug-likeness (QED) is 0.205. The molecule has 0 spiro atoms. The summed E-state index contributed by atoms with van der Waals surface area (Å²) in [5, 5.41) is 11.2. The number of aliphatic hydroxyl groups is 1. The first-order valence-electron chi connectivity index (χ1n) is 14.2. The predicted molar refractivity (Wildman–Crippen MR) is 173 cm³/mol. The van der Waals surface area contributed by atoms with Crippen molar-refractivity contribution in [2.24, 2.45) is 5.92 Å². The molecule has 1 atom stereocenters. The number of halogens is 1. The molecule has 1 N–H and O–H groups in total. The third kappa shape index (κ3) is 7.00. The van der Waals surface area contributed by atoms with Crippen LogP contribution in [0.1, 0.15) is 72.3 Å². The summed E-state index contributed by atoms with van der Waals surface area (Å²) in [4.78, 5) is 33.4. The van der Waals surface area contributed by atoms with Crippen LogP contribution < -0.4 is 9.47 Å². The van der Waals surface area contributed by atoms with Crippen molar-refractivity contribution in [3.8, 4) is 11.5 Å². The highest BCUT2D eigenvalue weighted by atomic mass is 35.5. The lowest BCUT2D eigenvalue weighted by Gasteiger charge is -2.28. The average Bonchev–Trinajstić information content (AvgIpc) is 3.85. The molecule has 0 radical (unpaired) electrons. The summed E-state index contributed by atoms with van der Waals surface area (Å²) in [5.41, 5.74) is 4.49. The molecule has 0 saturated heterocycles. The highest BCUT2D eigenvalue weighted by Gasteiger charge is 2.27. The summed E-state index contributed by atoms with van der Waals surface area (Å²) in [6, 6.07) is 11.0. The van der Waals surface area contributed by atoms with Gasteiger partial charge < -0.3 is 14.6 Å². The Morgan fingerprint density at radius 1 is 0.756 bits per heavy atom. The van der Waals surface area contributed by atoms with Gasteiger partial charge in [-0.3, -0.25) is 22.8 Å². The topological polar surface area (TPSA) is 125 Å². The minimum atomic E-state index is -0.479. The van der Waals surface area contributed by atoms with Crippen LogP contribution in [0.15, 0.2) is 74.0 Å². The number of aromatic nitrogens is 6. The molecule has 6 aromatic rings. The Hall–Kier alpha value is -4.74. The van der Waals surface area contributed by atoms with E-state index in [1.54, 1.807) is 65.6 Å². The van der Waals surface area contributed by atoms with Crippen molar-refractivity contribution in [2.45, 2.75) is 45.6 Å². The summed E-state index contributed by atoms with van der Waals surface area (Å²) in [6.07, 6.45) is 16.9. The van der Waals surface area contributed by atoms with Gasteiger partial charge in [-0.05, 0) is 55.2 Å². The third-order valence-electron chi connectivity index (χ3n) is 7.78. The summed E-state index contributed by atoms with van der Waals surface area (Å²) in [5.74, 6) is 1.62. The number of rotatable bonds is 6. The number of hydrogen-bond donors (Lipinski definition) is 1. The zero-order chi connectivity index (χ0) is 31.1. The molecular formula is C33H37ClN6O5. The van der Waals surface area contributed by atoms with Crippen molar-refractivity contribution >= 4 is 40.7 Å². The van der Waals surface area contributed by atoms with Crippen molar-refractivity contribution < 1.29 is 24.2 Å². The first-order chi connectivity index (χ1) is 21.5. The third-order valence-corrected chi connectivity index (χ3v) is 8.10. The fourth-order valence-electron chi connectivity index (χ4n) is 5.51. The van der Waals surface area contributed by atoms with Crippen molar-refractivity contribution in [1.82, 2.24) is 28.2 Å². The minimum absolute atomic E-state index is 0. The Balaban J connectivity index is 0.000000157. The van der Waals surface area contributed by atoms with E-state index in [0.29, 0.717) is 28.1 Å². The lowest BCUT2D eigenvalue weighted by molar-refractivity contribution is 0.0775. The number of imidazole rings is 3. The average molecular weight is 633 g/mol. The van der Waals surface area contributed by atoms with Gasteiger partial charge in [-0.1, -0.05) is 38.3 Å². The molecule has 0 bridgehead atoms. The Kier molecular flexibility index (Phi) is 11.3. The fourth-order valence-corrected chi connectivity index (χ4v) is 5.71. The standard InChI is InChI=1S/C15H20N2O2.C9H8N2O2.C8H5ClN2O.CH4/c1-19-13-8-7-12-9-16-10-17(12)14(13)15(18)11-5-3-2-4-6-11;1-13-9-3-2-7-4-10-6-11(7)8(9)5-12;9-7-2-1-6-3-10-5-11(6)8(7)4-12;/h7-11,15,18H,2-6H2,1H3;2-6H,1H3;1-5H;1H4. The number of pyridine rings is 3. The number of hydrogen-bond acceptors (Lipinski definition) is 8. The van der Waals surface area contributed by atoms with Gasteiger partial charge >= 0.3 is 0 Å². The summed E-state index contributed by atoms with van der Waals surface area (Å²) >= 11 is 5.78. The number of fused-ring (bicyclic) bond motifs is 3. The molecule has 6 heterocycles. The van der Waals surface area contributed by atoms with Crippen molar-refractivity contribution in [2.75, 3.05) is 14.2 Å². The van der Waals surface area contributed by atoms with Crippen LogP contribution in [0, 0.1) is 5.92 Å². The van der Waals surface area contributed by atoms with Gasteiger partial charge in [0, 0.05) is 0 Å². The summed E-state index contributed by atoms with van der Waals surface area (Å²) in [6.45, 7) is 0. The second kappa shape index (κ2) is 15.3. The van der Waals surface area contributed by atoms with Crippen LogP contribution in [0.3, 0.4) is 0 Å². The van der Waals surface area contributed by atoms with Crippen LogP contribution in [0.25, 0.3) is 16.6 Å². The molecule has 1 saturated carbocycles. The largest absolute Gasteiger partial charge is 0.495 e. The molecular weight excluding hydrogens is 596 g/mol. The van der Waals surface area contributed by atoms with E-state index in [-0.39, 0.29) is 7.43 Å². The molecule has 1 fully saturated rings. The Labute approximate surface area is 266 Å². The lowest BCUT2D eigenvalue weighted by Crippen LogP contribution is -2.19. The Bertz CT molecular complexity index is 1870. The van der Waals surface area contributed by atoms with E-state index in [0.717, 1.165) is 53.4 Å². The first-order valence-corrected chi connectivity index (χ1v) is 14.6. The molecule has 7 rings (SSSR count). The zero-order valence-corrected chi connectivity index (χ0v) is 25.2. The smallest absolute Gasteiger partial charge is 0.170 e. The van der Waals surface area contributed by atoms with Crippen molar-refractivity contribution in [3.05, 3.63) is 96.1 Å². The maximum Gasteiger partial charge on any atom is 0.170 e. The van der Waals surface area contributed by atoms with Crippen LogP contribution in [0.5, 0.6) is 11.5 Å². The van der Waals surface area contributed by atoms with Crippen molar-refractivity contribution in [1.29, 1.82) is 0 Å². The normalized spacial score (nSPS) is 13.6. The zero-order valence-electron chi connectivity index (χ0n) is 24.4. The van der Waals surface area contributed by atoms with Gasteiger partial charge in [0.05, 0.1) is 79.1 Å². The highest BCUT2D eigenvalue weighted by molar-refractivity contribution is 6.32. The van der Waals surface area contributed by atoms with Gasteiger partial charge in [-0.15, -0.1) is 0 Å². The molecule has 0 aromatic carbocycles. The summed E-state index contributed by atoms with van der Waals surface area (Å²) < 4.78 is 15.7. The highest BCUT2D eigenvalue weighted by Crippen LogP contribution is 2.38. The van der Waals surface area contributed by atoms with E-state index in [2.05, 4.69) is 15.0 Å². The van der Waals surface area contributed by atoms with Crippen molar-refractivity contribution in [3.63, 3.8) is 0 Å². The molecule has 6 aromatic heterocycles. The van der Waals surface area contributed by atoms with Gasteiger partial charge in [0.1, 0.15) is 29.0 Å². The molecule has 11 nitrogen and oxygen atoms in total. The molecule has 1 aliphatic rings. The number of ether oxygens (including phenoxy) is 2. The van der Waals surface area contributed by atoms with E-state index in [1.165, 1.54) is 26.4 Å². The van der Waals surface area contributed by atoms with E-state index in [9.17, 15) is 14.7 Å². The predicted octanol–water partition coefficient (Wildman–Crippen LogP) is 6.55. The second-order valence-corrected chi connectivity index (χ2v) is 10.7. The summed E-state index contributed by atoms with van der Waals surface area (Å²) in [7, 11) is 3.18. The van der Waals surface area contributed by atoms with Crippen LogP contribution in [0.4, 0.5) is 0 Å². The van der Waals surface area contributed by atoms with Crippen LogP contribution in [-0.4, -0.2) is 60.1 Å². The number of aldehydes is 2. The van der Waals surface area contributed by atoms with Gasteiger partial charge in [0.15, 0.2) is 12.6 Å². The second-order valence-electron chi connectivity index (χ2n) is 10.3. The fraction of sp³-hybridized carbons (Fsp3) is 0.303. The number of methoxy groups -OCH3 is 2. The minimum Gasteiger partial charge on any atom is -0.495 e. The first kappa shape index (κ1) is 33.2. The molecule has 12 heteroatoms. The van der Waals surface area contributed by atoms with E-state index in [1.807, 2.05) is 28.7 Å². The van der Waals surface area contributed by atoms with Crippen LogP contribution in [0.2, 0.25) is 5.02 Å². The Morgan fingerprint density at radius 2 is 1.24 bits per heavy atom. The van der Waals surface area contributed by atoms with Gasteiger partial charge in [0.25, 0.3) is 0 Å². The van der Waals surface area contributed by atoms with Crippen LogP contribution >= 0.6 is 11.6 Å². The van der Waals surface area contributed by atoms with E-state index in [4.69, 9.17) is 21.1 Å². The molecule has 1 aliphatic carbocycles. The van der Waals surface area contributed by atoms with Gasteiger partial charge in [0.2, 0.25) is 0 Å². The lowest BCUT2D eigenvalue weighted by atomic mass is 9.84. The molecule has 0 amide bonds. The number of aliphatic hydroxyl groups excluding tert-OH is 1. The number of nitrogens with zero attached hydrogens (tertiary/aromatic N) is 6.